The summed E-state index contributed by atoms with van der Waals surface area (Å²) >= 11 is 1.34. The van der Waals surface area contributed by atoms with Crippen LogP contribution in [0.4, 0.5) is 5.82 Å². The minimum absolute atomic E-state index is 0.0622. The minimum atomic E-state index is -3.16. The maximum atomic E-state index is 12.3. The van der Waals surface area contributed by atoms with Crippen molar-refractivity contribution in [3.8, 4) is 0 Å². The number of sulfone groups is 1. The first-order valence-corrected chi connectivity index (χ1v) is 9.54. The number of anilines is 1. The van der Waals surface area contributed by atoms with Crippen LogP contribution in [0.2, 0.25) is 0 Å². The Morgan fingerprint density at radius 1 is 1.36 bits per heavy atom. The molecule has 0 saturated heterocycles. The summed E-state index contributed by atoms with van der Waals surface area (Å²) in [5.41, 5.74) is 0.794. The molecule has 1 N–H and O–H groups in total. The molecule has 0 atom stereocenters. The maximum Gasteiger partial charge on any atom is 0.266 e. The first kappa shape index (κ1) is 15.2. The lowest BCUT2D eigenvalue weighted by molar-refractivity contribution is 0.102. The van der Waals surface area contributed by atoms with Gasteiger partial charge < -0.3 is 5.32 Å². The smallest absolute Gasteiger partial charge is 0.266 e. The highest BCUT2D eigenvalue weighted by molar-refractivity contribution is 7.90. The Kier molecular flexibility index (Phi) is 3.41. The molecule has 0 saturated carbocycles. The molecule has 1 aliphatic heterocycles. The van der Waals surface area contributed by atoms with Gasteiger partial charge in [0, 0.05) is 5.56 Å². The zero-order valence-electron chi connectivity index (χ0n) is 12.6. The molecule has 3 rings (SSSR count). The molecule has 22 heavy (non-hydrogen) atoms. The van der Waals surface area contributed by atoms with Crippen molar-refractivity contribution in [2.45, 2.75) is 37.8 Å². The first-order chi connectivity index (χ1) is 10.2. The third-order valence-electron chi connectivity index (χ3n) is 3.40. The SMILES string of the molecule is CC(C)(C)n1nc2c(c1NC(=O)c1cccs1)CS(=O)(=O)C2. The van der Waals surface area contributed by atoms with Crippen LogP contribution >= 0.6 is 11.3 Å². The molecular weight excluding hydrogens is 322 g/mol. The van der Waals surface area contributed by atoms with E-state index in [0.29, 0.717) is 22.0 Å². The van der Waals surface area contributed by atoms with E-state index in [4.69, 9.17) is 0 Å². The van der Waals surface area contributed by atoms with Crippen LogP contribution in [0.5, 0.6) is 0 Å². The van der Waals surface area contributed by atoms with Crippen molar-refractivity contribution in [3.05, 3.63) is 33.6 Å². The summed E-state index contributed by atoms with van der Waals surface area (Å²) in [6.07, 6.45) is 0. The minimum Gasteiger partial charge on any atom is -0.306 e. The predicted octanol–water partition coefficient (Wildman–Crippen LogP) is 2.38. The summed E-state index contributed by atoms with van der Waals surface area (Å²) in [5, 5.41) is 9.09. The monoisotopic (exact) mass is 339 g/mol. The number of nitrogens with one attached hydrogen (secondary N) is 1. The Balaban J connectivity index is 2.04. The average molecular weight is 339 g/mol. The van der Waals surface area contributed by atoms with Crippen molar-refractivity contribution in [2.75, 3.05) is 5.32 Å². The molecule has 0 bridgehead atoms. The highest BCUT2D eigenvalue weighted by Gasteiger charge is 2.35. The van der Waals surface area contributed by atoms with E-state index >= 15 is 0 Å². The Bertz CT molecular complexity index is 828. The second-order valence-electron chi connectivity index (χ2n) is 6.32. The van der Waals surface area contributed by atoms with Crippen molar-refractivity contribution in [2.24, 2.45) is 0 Å². The summed E-state index contributed by atoms with van der Waals surface area (Å²) in [7, 11) is -3.16. The third kappa shape index (κ3) is 2.68. The van der Waals surface area contributed by atoms with Crippen molar-refractivity contribution in [1.82, 2.24) is 9.78 Å². The summed E-state index contributed by atoms with van der Waals surface area (Å²) < 4.78 is 25.3. The summed E-state index contributed by atoms with van der Waals surface area (Å²) in [5.74, 6) is 0.112. The van der Waals surface area contributed by atoms with Crippen LogP contribution in [-0.2, 0) is 26.9 Å². The molecule has 3 heterocycles. The quantitative estimate of drug-likeness (QED) is 0.911. The number of thiophene rings is 1. The van der Waals surface area contributed by atoms with E-state index < -0.39 is 9.84 Å². The van der Waals surface area contributed by atoms with Gasteiger partial charge in [-0.2, -0.15) is 5.10 Å². The Morgan fingerprint density at radius 3 is 2.68 bits per heavy atom. The molecule has 0 fully saturated rings. The fraction of sp³-hybridized carbons (Fsp3) is 0.429. The topological polar surface area (TPSA) is 81.1 Å². The molecule has 1 amide bonds. The van der Waals surface area contributed by atoms with Crippen LogP contribution in [-0.4, -0.2) is 24.1 Å². The molecule has 2 aromatic heterocycles. The number of carbonyl (C=O) groups excluding carboxylic acids is 1. The van der Waals surface area contributed by atoms with E-state index in [0.717, 1.165) is 0 Å². The summed E-state index contributed by atoms with van der Waals surface area (Å²) in [6.45, 7) is 5.89. The molecular formula is C14H17N3O3S2. The van der Waals surface area contributed by atoms with Gasteiger partial charge in [-0.3, -0.25) is 4.79 Å². The molecule has 0 aromatic carbocycles. The molecule has 1 aliphatic rings. The largest absolute Gasteiger partial charge is 0.306 e. The number of carbonyl (C=O) groups is 1. The first-order valence-electron chi connectivity index (χ1n) is 6.84. The van der Waals surface area contributed by atoms with Gasteiger partial charge >= 0.3 is 0 Å². The zero-order chi connectivity index (χ0) is 16.1. The summed E-state index contributed by atoms with van der Waals surface area (Å²) in [6, 6.07) is 3.53. The second kappa shape index (κ2) is 4.92. The fourth-order valence-corrected chi connectivity index (χ4v) is 4.55. The standard InChI is InChI=1S/C14H17N3O3S2/c1-14(2,3)17-12(15-13(18)11-5-4-6-21-11)9-7-22(19,20)8-10(9)16-17/h4-6H,7-8H2,1-3H3,(H,15,18). The number of hydrogen-bond donors (Lipinski definition) is 1. The van der Waals surface area contributed by atoms with Gasteiger partial charge in [-0.15, -0.1) is 11.3 Å². The lowest BCUT2D eigenvalue weighted by atomic mass is 10.1. The average Bonchev–Trinajstić information content (AvgIpc) is 3.04. The van der Waals surface area contributed by atoms with Gasteiger partial charge in [0.25, 0.3) is 5.91 Å². The Hall–Kier alpha value is -1.67. The van der Waals surface area contributed by atoms with Gasteiger partial charge in [-0.1, -0.05) is 6.07 Å². The van der Waals surface area contributed by atoms with Crippen molar-refractivity contribution >= 4 is 32.9 Å². The highest BCUT2D eigenvalue weighted by atomic mass is 32.2. The predicted molar refractivity (Wildman–Crippen MR) is 85.8 cm³/mol. The number of nitrogens with zero attached hydrogens (tertiary/aromatic N) is 2. The normalized spacial score (nSPS) is 16.5. The van der Waals surface area contributed by atoms with Crippen molar-refractivity contribution < 1.29 is 13.2 Å². The Morgan fingerprint density at radius 2 is 2.09 bits per heavy atom. The molecule has 8 heteroatoms. The molecule has 118 valence electrons. The third-order valence-corrected chi connectivity index (χ3v) is 5.71. The number of fused-ring (bicyclic) bond motifs is 1. The van der Waals surface area contributed by atoms with E-state index in [1.165, 1.54) is 11.3 Å². The number of rotatable bonds is 2. The molecule has 0 radical (unpaired) electrons. The maximum absolute atomic E-state index is 12.3. The van der Waals surface area contributed by atoms with Gasteiger partial charge in [0.15, 0.2) is 9.84 Å². The van der Waals surface area contributed by atoms with Crippen LogP contribution in [0.3, 0.4) is 0 Å². The fourth-order valence-electron chi connectivity index (χ4n) is 2.43. The van der Waals surface area contributed by atoms with Crippen LogP contribution in [0.1, 0.15) is 41.7 Å². The Labute approximate surface area is 133 Å². The molecule has 0 aliphatic carbocycles. The van der Waals surface area contributed by atoms with Crippen LogP contribution < -0.4 is 5.32 Å². The van der Waals surface area contributed by atoms with E-state index in [9.17, 15) is 13.2 Å². The molecule has 2 aromatic rings. The van der Waals surface area contributed by atoms with Gasteiger partial charge in [0.1, 0.15) is 5.82 Å². The van der Waals surface area contributed by atoms with Crippen molar-refractivity contribution in [1.29, 1.82) is 0 Å². The highest BCUT2D eigenvalue weighted by Crippen LogP contribution is 2.34. The van der Waals surface area contributed by atoms with Crippen LogP contribution in [0, 0.1) is 0 Å². The van der Waals surface area contributed by atoms with Crippen LogP contribution in [0.25, 0.3) is 0 Å². The van der Waals surface area contributed by atoms with Gasteiger partial charge in [0.05, 0.1) is 27.6 Å². The molecule has 6 nitrogen and oxygen atoms in total. The van der Waals surface area contributed by atoms with Crippen molar-refractivity contribution in [3.63, 3.8) is 0 Å². The second-order valence-corrected chi connectivity index (χ2v) is 9.33. The molecule has 0 spiro atoms. The van der Waals surface area contributed by atoms with Gasteiger partial charge in [-0.25, -0.2) is 13.1 Å². The lowest BCUT2D eigenvalue weighted by Gasteiger charge is -2.23. The van der Waals surface area contributed by atoms with Crippen LogP contribution in [0.15, 0.2) is 17.5 Å². The molecule has 0 unspecified atom stereocenters. The van der Waals surface area contributed by atoms with E-state index in [-0.39, 0.29) is 23.0 Å². The lowest BCUT2D eigenvalue weighted by Crippen LogP contribution is -2.27. The number of hydrogen-bond acceptors (Lipinski definition) is 5. The van der Waals surface area contributed by atoms with E-state index in [2.05, 4.69) is 10.4 Å². The summed E-state index contributed by atoms with van der Waals surface area (Å²) in [4.78, 5) is 12.9. The van der Waals surface area contributed by atoms with Gasteiger partial charge in [0.2, 0.25) is 0 Å². The van der Waals surface area contributed by atoms with Gasteiger partial charge in [-0.05, 0) is 32.2 Å². The van der Waals surface area contributed by atoms with E-state index in [1.54, 1.807) is 16.8 Å². The number of aromatic nitrogens is 2. The van der Waals surface area contributed by atoms with E-state index in [1.807, 2.05) is 26.2 Å². The number of amides is 1. The zero-order valence-corrected chi connectivity index (χ0v) is 14.2.